The summed E-state index contributed by atoms with van der Waals surface area (Å²) in [5.41, 5.74) is 2.53. The van der Waals surface area contributed by atoms with Gasteiger partial charge < -0.3 is 0 Å². The second-order valence-corrected chi connectivity index (χ2v) is 6.34. The molecule has 0 radical (unpaired) electrons. The van der Waals surface area contributed by atoms with E-state index in [1.54, 1.807) is 0 Å². The van der Waals surface area contributed by atoms with E-state index in [0.29, 0.717) is 11.7 Å². The molecule has 0 amide bonds. The lowest BCUT2D eigenvalue weighted by molar-refractivity contribution is -0.120. The second-order valence-electron chi connectivity index (χ2n) is 6.34. The molecule has 20 heavy (non-hydrogen) atoms. The first kappa shape index (κ1) is 16.9. The van der Waals surface area contributed by atoms with Gasteiger partial charge in [-0.2, -0.15) is 0 Å². The molecule has 1 aromatic carbocycles. The Bertz CT molecular complexity index is 389. The van der Waals surface area contributed by atoms with Crippen LogP contribution >= 0.6 is 0 Å². The molecule has 0 fully saturated rings. The summed E-state index contributed by atoms with van der Waals surface area (Å²) in [7, 11) is 0. The number of carbonyl (C=O) groups excluding carboxylic acids is 1. The highest BCUT2D eigenvalue weighted by Gasteiger charge is 2.14. The van der Waals surface area contributed by atoms with Crippen molar-refractivity contribution in [1.82, 2.24) is 0 Å². The van der Waals surface area contributed by atoms with Crippen molar-refractivity contribution in [2.45, 2.75) is 72.1 Å². The molecule has 0 saturated heterocycles. The molecule has 0 bridgehead atoms. The highest BCUT2D eigenvalue weighted by atomic mass is 16.1. The molecular weight excluding hydrogens is 244 g/mol. The van der Waals surface area contributed by atoms with Crippen LogP contribution in [0.5, 0.6) is 0 Å². The third kappa shape index (κ3) is 5.90. The Kier molecular flexibility index (Phi) is 7.58. The van der Waals surface area contributed by atoms with E-state index in [0.717, 1.165) is 24.8 Å². The van der Waals surface area contributed by atoms with Crippen LogP contribution < -0.4 is 0 Å². The minimum atomic E-state index is 0.0460. The van der Waals surface area contributed by atoms with Crippen molar-refractivity contribution >= 4 is 5.78 Å². The SMILES string of the molecule is CCCCCCC(=O)C(C)c1ccc(CC(C)C)cc1. The van der Waals surface area contributed by atoms with E-state index in [9.17, 15) is 4.79 Å². The van der Waals surface area contributed by atoms with E-state index >= 15 is 0 Å². The largest absolute Gasteiger partial charge is 0.299 e. The molecule has 1 aromatic rings. The standard InChI is InChI=1S/C19H30O/c1-5-6-7-8-9-19(20)16(4)18-12-10-17(11-13-18)14-15(2)3/h10-13,15-16H,5-9,14H2,1-4H3. The molecule has 1 unspecified atom stereocenters. The molecule has 0 saturated carbocycles. The summed E-state index contributed by atoms with van der Waals surface area (Å²) in [4.78, 5) is 12.2. The molecule has 112 valence electrons. The first-order chi connectivity index (χ1) is 9.54. The van der Waals surface area contributed by atoms with Gasteiger partial charge in [0.15, 0.2) is 0 Å². The van der Waals surface area contributed by atoms with Crippen molar-refractivity contribution in [2.75, 3.05) is 0 Å². The van der Waals surface area contributed by atoms with Gasteiger partial charge in [-0.15, -0.1) is 0 Å². The van der Waals surface area contributed by atoms with Crippen molar-refractivity contribution in [1.29, 1.82) is 0 Å². The van der Waals surface area contributed by atoms with Crippen LogP contribution in [0.2, 0.25) is 0 Å². The number of benzene rings is 1. The average Bonchev–Trinajstić information content (AvgIpc) is 2.43. The van der Waals surface area contributed by atoms with E-state index in [4.69, 9.17) is 0 Å². The van der Waals surface area contributed by atoms with Gasteiger partial charge in [0.2, 0.25) is 0 Å². The summed E-state index contributed by atoms with van der Waals surface area (Å²) in [6.45, 7) is 8.70. The Morgan fingerprint density at radius 1 is 1.00 bits per heavy atom. The van der Waals surface area contributed by atoms with Crippen molar-refractivity contribution in [3.63, 3.8) is 0 Å². The molecule has 1 heteroatoms. The lowest BCUT2D eigenvalue weighted by Gasteiger charge is -2.12. The number of hydrogen-bond donors (Lipinski definition) is 0. The van der Waals surface area contributed by atoms with E-state index in [1.165, 1.54) is 24.8 Å². The minimum absolute atomic E-state index is 0.0460. The molecule has 0 aliphatic heterocycles. The summed E-state index contributed by atoms with van der Waals surface area (Å²) < 4.78 is 0. The lowest BCUT2D eigenvalue weighted by Crippen LogP contribution is -2.09. The molecule has 1 nitrogen and oxygen atoms in total. The summed E-state index contributed by atoms with van der Waals surface area (Å²) in [5, 5.41) is 0. The Balaban J connectivity index is 2.49. The maximum Gasteiger partial charge on any atom is 0.140 e. The van der Waals surface area contributed by atoms with Crippen LogP contribution in [0, 0.1) is 5.92 Å². The number of unbranched alkanes of at least 4 members (excludes halogenated alkanes) is 3. The van der Waals surface area contributed by atoms with Crippen LogP contribution in [0.25, 0.3) is 0 Å². The van der Waals surface area contributed by atoms with Gasteiger partial charge in [-0.05, 0) is 29.9 Å². The van der Waals surface area contributed by atoms with Crippen LogP contribution in [0.1, 0.15) is 76.8 Å². The fraction of sp³-hybridized carbons (Fsp3) is 0.632. The predicted octanol–water partition coefficient (Wildman–Crippen LogP) is 5.53. The minimum Gasteiger partial charge on any atom is -0.299 e. The first-order valence-electron chi connectivity index (χ1n) is 8.16. The zero-order valence-electron chi connectivity index (χ0n) is 13.6. The van der Waals surface area contributed by atoms with E-state index in [2.05, 4.69) is 45.0 Å². The van der Waals surface area contributed by atoms with E-state index < -0.39 is 0 Å². The fourth-order valence-corrected chi connectivity index (χ4v) is 2.54. The lowest BCUT2D eigenvalue weighted by atomic mass is 9.92. The number of rotatable bonds is 9. The molecule has 0 heterocycles. The smallest absolute Gasteiger partial charge is 0.140 e. The van der Waals surface area contributed by atoms with Gasteiger partial charge in [0.1, 0.15) is 5.78 Å². The van der Waals surface area contributed by atoms with Crippen molar-refractivity contribution < 1.29 is 4.79 Å². The molecule has 0 spiro atoms. The Morgan fingerprint density at radius 2 is 1.65 bits per heavy atom. The summed E-state index contributed by atoms with van der Waals surface area (Å²) in [6, 6.07) is 8.62. The topological polar surface area (TPSA) is 17.1 Å². The number of ketones is 1. The first-order valence-corrected chi connectivity index (χ1v) is 8.16. The highest BCUT2D eigenvalue weighted by molar-refractivity contribution is 5.85. The molecule has 0 aromatic heterocycles. The Morgan fingerprint density at radius 3 is 2.20 bits per heavy atom. The van der Waals surface area contributed by atoms with Gasteiger partial charge in [0.25, 0.3) is 0 Å². The fourth-order valence-electron chi connectivity index (χ4n) is 2.54. The maximum atomic E-state index is 12.2. The maximum absolute atomic E-state index is 12.2. The van der Waals surface area contributed by atoms with E-state index in [1.807, 2.05) is 6.92 Å². The predicted molar refractivity (Wildman–Crippen MR) is 87.2 cm³/mol. The quantitative estimate of drug-likeness (QED) is 0.541. The van der Waals surface area contributed by atoms with Crippen LogP contribution in [0.15, 0.2) is 24.3 Å². The zero-order valence-corrected chi connectivity index (χ0v) is 13.6. The monoisotopic (exact) mass is 274 g/mol. The molecule has 0 aliphatic rings. The van der Waals surface area contributed by atoms with Crippen LogP contribution in [-0.4, -0.2) is 5.78 Å². The molecule has 0 N–H and O–H groups in total. The third-order valence-electron chi connectivity index (χ3n) is 3.88. The van der Waals surface area contributed by atoms with Gasteiger partial charge in [0, 0.05) is 12.3 Å². The second kappa shape index (κ2) is 8.94. The molecular formula is C19H30O. The number of carbonyl (C=O) groups is 1. The van der Waals surface area contributed by atoms with E-state index in [-0.39, 0.29) is 5.92 Å². The van der Waals surface area contributed by atoms with Crippen molar-refractivity contribution in [2.24, 2.45) is 5.92 Å². The Labute approximate surface area is 124 Å². The molecule has 1 atom stereocenters. The van der Waals surface area contributed by atoms with Gasteiger partial charge in [-0.3, -0.25) is 4.79 Å². The van der Waals surface area contributed by atoms with Crippen LogP contribution in [0.4, 0.5) is 0 Å². The van der Waals surface area contributed by atoms with Gasteiger partial charge in [-0.25, -0.2) is 0 Å². The third-order valence-corrected chi connectivity index (χ3v) is 3.88. The number of hydrogen-bond acceptors (Lipinski definition) is 1. The zero-order chi connectivity index (χ0) is 15.0. The van der Waals surface area contributed by atoms with Crippen molar-refractivity contribution in [3.8, 4) is 0 Å². The van der Waals surface area contributed by atoms with Gasteiger partial charge >= 0.3 is 0 Å². The number of Topliss-reactive ketones (excluding diaryl/α,β-unsaturated/α-hetero) is 1. The summed E-state index contributed by atoms with van der Waals surface area (Å²) in [6.07, 6.45) is 6.53. The van der Waals surface area contributed by atoms with Crippen LogP contribution in [-0.2, 0) is 11.2 Å². The normalized spacial score (nSPS) is 12.7. The van der Waals surface area contributed by atoms with Crippen LogP contribution in [0.3, 0.4) is 0 Å². The van der Waals surface area contributed by atoms with Crippen molar-refractivity contribution in [3.05, 3.63) is 35.4 Å². The van der Waals surface area contributed by atoms with Gasteiger partial charge in [0.05, 0.1) is 0 Å². The summed E-state index contributed by atoms with van der Waals surface area (Å²) >= 11 is 0. The highest BCUT2D eigenvalue weighted by Crippen LogP contribution is 2.20. The molecule has 0 aliphatic carbocycles. The summed E-state index contributed by atoms with van der Waals surface area (Å²) in [5.74, 6) is 1.11. The molecule has 1 rings (SSSR count). The van der Waals surface area contributed by atoms with Gasteiger partial charge in [-0.1, -0.05) is 71.2 Å². The Hall–Kier alpha value is -1.11. The average molecular weight is 274 g/mol.